The fourth-order valence-corrected chi connectivity index (χ4v) is 3.79. The van der Waals surface area contributed by atoms with Crippen LogP contribution in [0, 0.1) is 11.8 Å². The summed E-state index contributed by atoms with van der Waals surface area (Å²) in [6, 6.07) is 4.15. The second-order valence-corrected chi connectivity index (χ2v) is 7.37. The fraction of sp³-hybridized carbons (Fsp3) is 0.500. The fourth-order valence-electron chi connectivity index (χ4n) is 3.79. The van der Waals surface area contributed by atoms with E-state index >= 15 is 0 Å². The third kappa shape index (κ3) is 2.37. The average Bonchev–Trinajstić information content (AvgIpc) is 3.46. The van der Waals surface area contributed by atoms with Gasteiger partial charge in [-0.25, -0.2) is 9.97 Å². The van der Waals surface area contributed by atoms with Gasteiger partial charge in [-0.1, -0.05) is 0 Å². The van der Waals surface area contributed by atoms with E-state index in [-0.39, 0.29) is 11.9 Å². The lowest BCUT2D eigenvalue weighted by atomic mass is 9.98. The molecule has 2 aliphatic carbocycles. The van der Waals surface area contributed by atoms with Crippen molar-refractivity contribution in [3.8, 4) is 11.4 Å². The molecule has 3 N–H and O–H groups in total. The van der Waals surface area contributed by atoms with Gasteiger partial charge in [-0.05, 0) is 49.7 Å². The minimum absolute atomic E-state index is 0.0611. The highest BCUT2D eigenvalue weighted by molar-refractivity contribution is 5.98. The van der Waals surface area contributed by atoms with Gasteiger partial charge in [0.1, 0.15) is 0 Å². The van der Waals surface area contributed by atoms with Gasteiger partial charge in [0.25, 0.3) is 5.91 Å². The number of hydrogen-bond donors (Lipinski definition) is 2. The molecule has 24 heavy (non-hydrogen) atoms. The second kappa shape index (κ2) is 5.06. The SMILES string of the molecule is Nc1nccc(-c2cc3c(n2CC2CC2)CC(C2CC2)NC3=O)n1. The zero-order chi connectivity index (χ0) is 16.3. The smallest absolute Gasteiger partial charge is 0.253 e. The molecule has 6 heteroatoms. The number of rotatable bonds is 4. The van der Waals surface area contributed by atoms with Crippen LogP contribution in [-0.4, -0.2) is 26.5 Å². The first-order chi connectivity index (χ1) is 11.7. The number of nitrogens with two attached hydrogens (primary N) is 1. The number of nitrogens with zero attached hydrogens (tertiary/aromatic N) is 3. The number of aromatic nitrogens is 3. The van der Waals surface area contributed by atoms with Crippen LogP contribution >= 0.6 is 0 Å². The van der Waals surface area contributed by atoms with Crippen molar-refractivity contribution in [2.45, 2.75) is 44.7 Å². The first-order valence-corrected chi connectivity index (χ1v) is 8.81. The number of fused-ring (bicyclic) bond motifs is 1. The average molecular weight is 323 g/mol. The molecule has 2 aromatic rings. The monoisotopic (exact) mass is 323 g/mol. The second-order valence-electron chi connectivity index (χ2n) is 7.37. The summed E-state index contributed by atoms with van der Waals surface area (Å²) >= 11 is 0. The Bertz CT molecular complexity index is 819. The molecule has 0 spiro atoms. The van der Waals surface area contributed by atoms with Crippen LogP contribution < -0.4 is 11.1 Å². The van der Waals surface area contributed by atoms with E-state index in [4.69, 9.17) is 5.73 Å². The lowest BCUT2D eigenvalue weighted by molar-refractivity contribution is 0.0918. The van der Waals surface area contributed by atoms with E-state index in [1.54, 1.807) is 6.20 Å². The van der Waals surface area contributed by atoms with Gasteiger partial charge >= 0.3 is 0 Å². The highest BCUT2D eigenvalue weighted by atomic mass is 16.1. The van der Waals surface area contributed by atoms with Crippen LogP contribution in [0.1, 0.15) is 41.7 Å². The predicted octanol–water partition coefficient (Wildman–Crippen LogP) is 2.00. The zero-order valence-corrected chi connectivity index (χ0v) is 13.5. The van der Waals surface area contributed by atoms with E-state index in [0.29, 0.717) is 12.0 Å². The Morgan fingerprint density at radius 1 is 1.29 bits per heavy atom. The van der Waals surface area contributed by atoms with Gasteiger partial charge in [-0.15, -0.1) is 0 Å². The van der Waals surface area contributed by atoms with Gasteiger partial charge in [-0.2, -0.15) is 0 Å². The minimum atomic E-state index is 0.0611. The van der Waals surface area contributed by atoms with Crippen LogP contribution in [0.2, 0.25) is 0 Å². The van der Waals surface area contributed by atoms with Crippen LogP contribution in [0.15, 0.2) is 18.3 Å². The maximum absolute atomic E-state index is 12.6. The Kier molecular flexibility index (Phi) is 2.96. The van der Waals surface area contributed by atoms with Crippen molar-refractivity contribution >= 4 is 11.9 Å². The quantitative estimate of drug-likeness (QED) is 0.901. The van der Waals surface area contributed by atoms with Crippen LogP contribution in [0.5, 0.6) is 0 Å². The van der Waals surface area contributed by atoms with Crippen molar-refractivity contribution < 1.29 is 4.79 Å². The van der Waals surface area contributed by atoms with Crippen molar-refractivity contribution in [1.29, 1.82) is 0 Å². The molecule has 6 nitrogen and oxygen atoms in total. The zero-order valence-electron chi connectivity index (χ0n) is 13.5. The molecule has 0 aromatic carbocycles. The molecule has 2 saturated carbocycles. The number of nitrogen functional groups attached to an aromatic ring is 1. The molecule has 0 bridgehead atoms. The first-order valence-electron chi connectivity index (χ1n) is 8.81. The number of hydrogen-bond acceptors (Lipinski definition) is 4. The summed E-state index contributed by atoms with van der Waals surface area (Å²) in [6.45, 7) is 0.971. The van der Waals surface area contributed by atoms with E-state index in [0.717, 1.165) is 35.8 Å². The van der Waals surface area contributed by atoms with Gasteiger partial charge < -0.3 is 15.6 Å². The van der Waals surface area contributed by atoms with Crippen LogP contribution in [0.4, 0.5) is 5.95 Å². The van der Waals surface area contributed by atoms with E-state index < -0.39 is 0 Å². The minimum Gasteiger partial charge on any atom is -0.368 e. The predicted molar refractivity (Wildman–Crippen MR) is 90.3 cm³/mol. The maximum Gasteiger partial charge on any atom is 0.253 e. The molecular weight excluding hydrogens is 302 g/mol. The third-order valence-electron chi connectivity index (χ3n) is 5.45. The van der Waals surface area contributed by atoms with E-state index in [1.165, 1.54) is 31.4 Å². The Morgan fingerprint density at radius 2 is 2.12 bits per heavy atom. The molecule has 1 atom stereocenters. The molecule has 0 radical (unpaired) electrons. The van der Waals surface area contributed by atoms with Crippen molar-refractivity contribution in [3.05, 3.63) is 29.6 Å². The van der Waals surface area contributed by atoms with Gasteiger partial charge in [0.15, 0.2) is 0 Å². The van der Waals surface area contributed by atoms with E-state index in [1.807, 2.05) is 12.1 Å². The largest absolute Gasteiger partial charge is 0.368 e. The highest BCUT2D eigenvalue weighted by Crippen LogP contribution is 2.39. The molecule has 0 saturated heterocycles. The van der Waals surface area contributed by atoms with E-state index in [9.17, 15) is 4.79 Å². The molecule has 3 heterocycles. The lowest BCUT2D eigenvalue weighted by Gasteiger charge is -2.25. The van der Waals surface area contributed by atoms with Crippen LogP contribution in [0.25, 0.3) is 11.4 Å². The van der Waals surface area contributed by atoms with Gasteiger partial charge in [0.2, 0.25) is 5.95 Å². The Morgan fingerprint density at radius 3 is 2.83 bits per heavy atom. The Hall–Kier alpha value is -2.37. The van der Waals surface area contributed by atoms with Gasteiger partial charge in [-0.3, -0.25) is 4.79 Å². The highest BCUT2D eigenvalue weighted by Gasteiger charge is 2.39. The van der Waals surface area contributed by atoms with Crippen molar-refractivity contribution in [3.63, 3.8) is 0 Å². The molecule has 2 aromatic heterocycles. The summed E-state index contributed by atoms with van der Waals surface area (Å²) in [6.07, 6.45) is 7.63. The van der Waals surface area contributed by atoms with Crippen LogP contribution in [-0.2, 0) is 13.0 Å². The first kappa shape index (κ1) is 14.0. The summed E-state index contributed by atoms with van der Waals surface area (Å²) in [7, 11) is 0. The summed E-state index contributed by atoms with van der Waals surface area (Å²) in [4.78, 5) is 21.0. The number of carbonyl (C=O) groups excluding carboxylic acids is 1. The Labute approximate surface area is 140 Å². The standard InChI is InChI=1S/C18H21N5O/c19-18-20-6-5-13(22-18)16-7-12-15(23(16)9-10-1-2-10)8-14(11-3-4-11)21-17(12)24/h5-7,10-11,14H,1-4,8-9H2,(H,21,24)(H2,19,20,22). The summed E-state index contributed by atoms with van der Waals surface area (Å²) in [5.74, 6) is 1.71. The van der Waals surface area contributed by atoms with Crippen molar-refractivity contribution in [2.75, 3.05) is 5.73 Å². The molecule has 5 rings (SSSR count). The lowest BCUT2D eigenvalue weighted by Crippen LogP contribution is -2.43. The number of anilines is 1. The summed E-state index contributed by atoms with van der Waals surface area (Å²) in [5.41, 5.74) is 9.54. The number of carbonyl (C=O) groups is 1. The summed E-state index contributed by atoms with van der Waals surface area (Å²) in [5, 5.41) is 3.20. The molecule has 1 amide bonds. The summed E-state index contributed by atoms with van der Waals surface area (Å²) < 4.78 is 2.32. The van der Waals surface area contributed by atoms with Crippen LogP contribution in [0.3, 0.4) is 0 Å². The molecule has 2 fully saturated rings. The number of amides is 1. The van der Waals surface area contributed by atoms with Gasteiger partial charge in [0.05, 0.1) is 17.0 Å². The Balaban J connectivity index is 1.62. The molecular formula is C18H21N5O. The van der Waals surface area contributed by atoms with Gasteiger partial charge in [0, 0.05) is 30.9 Å². The topological polar surface area (TPSA) is 85.8 Å². The van der Waals surface area contributed by atoms with Crippen molar-refractivity contribution in [2.24, 2.45) is 11.8 Å². The molecule has 1 unspecified atom stereocenters. The normalized spacial score (nSPS) is 23.0. The maximum atomic E-state index is 12.6. The van der Waals surface area contributed by atoms with Crippen molar-refractivity contribution in [1.82, 2.24) is 19.9 Å². The van der Waals surface area contributed by atoms with E-state index in [2.05, 4.69) is 19.9 Å². The molecule has 3 aliphatic rings. The molecule has 1 aliphatic heterocycles. The third-order valence-corrected chi connectivity index (χ3v) is 5.45. The molecule has 124 valence electrons. The number of nitrogens with one attached hydrogen (secondary N) is 1.